The van der Waals surface area contributed by atoms with Gasteiger partial charge in [0.15, 0.2) is 0 Å². The third-order valence-corrected chi connectivity index (χ3v) is 16.9. The summed E-state index contributed by atoms with van der Waals surface area (Å²) in [4.78, 5) is 9.72. The fraction of sp³-hybridized carbons (Fsp3) is 0.200. The molecule has 0 aliphatic heterocycles. The van der Waals surface area contributed by atoms with E-state index in [1.807, 2.05) is 11.3 Å². The third kappa shape index (κ3) is 8.03. The van der Waals surface area contributed by atoms with E-state index in [-0.39, 0.29) is 25.7 Å². The summed E-state index contributed by atoms with van der Waals surface area (Å²) in [6, 6.07) is 50.2. The van der Waals surface area contributed by atoms with Crippen molar-refractivity contribution in [3.8, 4) is 28.3 Å². The van der Waals surface area contributed by atoms with E-state index < -0.39 is 27.0 Å². The number of fused-ring (bicyclic) bond motifs is 7. The minimum Gasteiger partial charge on any atom is 0 e. The van der Waals surface area contributed by atoms with E-state index in [1.165, 1.54) is 70.7 Å². The molecule has 0 aliphatic carbocycles. The molecule has 7 aromatic carbocycles. The number of pyridine rings is 1. The number of aromatic nitrogens is 3. The fourth-order valence-corrected chi connectivity index (χ4v) is 12.4. The Bertz CT molecular complexity index is 3430. The third-order valence-electron chi connectivity index (χ3n) is 11.4. The van der Waals surface area contributed by atoms with Crippen molar-refractivity contribution in [3.05, 3.63) is 168 Å². The fourth-order valence-electron chi connectivity index (χ4n) is 8.38. The van der Waals surface area contributed by atoms with Crippen molar-refractivity contribution in [2.75, 3.05) is 0 Å². The van der Waals surface area contributed by atoms with E-state index in [1.54, 1.807) is 18.3 Å². The summed E-state index contributed by atoms with van der Waals surface area (Å²) in [5.74, 6) is 8.09. The first-order chi connectivity index (χ1) is 31.3. The Morgan fingerprint density at radius 2 is 1.46 bits per heavy atom. The maximum absolute atomic E-state index is 7.82. The van der Waals surface area contributed by atoms with Gasteiger partial charge in [-0.25, -0.2) is 0 Å². The zero-order valence-electron chi connectivity index (χ0n) is 41.4. The zero-order valence-corrected chi connectivity index (χ0v) is 40.7. The monoisotopic (exact) mass is 1060 g/mol. The van der Waals surface area contributed by atoms with Gasteiger partial charge in [-0.15, -0.1) is 18.2 Å². The average Bonchev–Trinajstić information content (AvgIpc) is 3.85. The van der Waals surface area contributed by atoms with Crippen molar-refractivity contribution in [2.24, 2.45) is 0 Å². The van der Waals surface area contributed by atoms with Crippen molar-refractivity contribution in [3.63, 3.8) is 0 Å². The molecule has 0 fully saturated rings. The van der Waals surface area contributed by atoms with Crippen LogP contribution in [-0.2, 0) is 20.1 Å². The van der Waals surface area contributed by atoms with Crippen molar-refractivity contribution in [1.29, 1.82) is 0 Å². The molecule has 0 amide bonds. The van der Waals surface area contributed by atoms with Crippen LogP contribution in [0.5, 0.6) is 0 Å². The number of hydrogen-bond donors (Lipinski definition) is 0. The first-order valence-electron chi connectivity index (χ1n) is 23.6. The standard InChI is InChI=1S/C39H31N2S.C16H20GeN.Ir/c1-23(2)27-13-9-14-28(24(3)4)37(27)41-35-18-8-7-17-34(35)40-39(41)31-16-10-15-30-33-21-26-20-19-25-11-5-6-12-29(25)32(26)22-36(33)42-38(30)31;1-12-6-8-14(9-7-12)16-10-13(2)15(11-18-16)17(3,4)5;/h5-15,17-24H,1-4H3;6-8,10-11H,1-5H3;/q2*-1;/i;1D3,2D3;. The Kier molecular flexibility index (Phi) is 10.00. The van der Waals surface area contributed by atoms with Gasteiger partial charge < -0.3 is 4.57 Å². The Morgan fingerprint density at radius 1 is 0.705 bits per heavy atom. The Balaban J connectivity index is 0.000000209. The van der Waals surface area contributed by atoms with Gasteiger partial charge in [-0.05, 0) is 78.9 Å². The summed E-state index contributed by atoms with van der Waals surface area (Å²) in [6.07, 6.45) is 1.67. The van der Waals surface area contributed by atoms with Gasteiger partial charge in [0, 0.05) is 30.5 Å². The van der Waals surface area contributed by atoms with Crippen molar-refractivity contribution < 1.29 is 28.3 Å². The van der Waals surface area contributed by atoms with Gasteiger partial charge in [-0.2, -0.15) is 11.3 Å². The van der Waals surface area contributed by atoms with Crippen LogP contribution in [0.4, 0.5) is 0 Å². The summed E-state index contributed by atoms with van der Waals surface area (Å²) < 4.78 is 51.4. The molecule has 10 aromatic rings. The molecule has 3 nitrogen and oxygen atoms in total. The minimum absolute atomic E-state index is 0. The van der Waals surface area contributed by atoms with Crippen LogP contribution in [0, 0.1) is 25.8 Å². The first kappa shape index (κ1) is 35.7. The number of imidazole rings is 1. The van der Waals surface area contributed by atoms with Crippen LogP contribution in [0.2, 0.25) is 17.3 Å². The zero-order chi connectivity index (χ0) is 46.9. The predicted molar refractivity (Wildman–Crippen MR) is 262 cm³/mol. The largest absolute Gasteiger partial charge is 0 e. The molecular weight excluding hydrogens is 1000 g/mol. The van der Waals surface area contributed by atoms with Gasteiger partial charge in [0.1, 0.15) is 0 Å². The molecule has 3 heterocycles. The summed E-state index contributed by atoms with van der Waals surface area (Å²) >= 11 is -0.524. The van der Waals surface area contributed by atoms with E-state index in [9.17, 15) is 0 Å². The number of benzene rings is 7. The van der Waals surface area contributed by atoms with Crippen molar-refractivity contribution in [2.45, 2.75) is 70.5 Å². The van der Waals surface area contributed by atoms with E-state index in [0.29, 0.717) is 28.7 Å². The molecule has 61 heavy (non-hydrogen) atoms. The summed E-state index contributed by atoms with van der Waals surface area (Å²) in [7, 11) is 0. The van der Waals surface area contributed by atoms with Crippen molar-refractivity contribution in [1.82, 2.24) is 14.5 Å². The molecule has 0 aliphatic rings. The molecule has 0 saturated carbocycles. The van der Waals surface area contributed by atoms with Crippen LogP contribution >= 0.6 is 11.3 Å². The number of thiophene rings is 1. The van der Waals surface area contributed by atoms with Crippen LogP contribution in [0.3, 0.4) is 0 Å². The number of nitrogens with zero attached hydrogens (tertiary/aromatic N) is 3. The second kappa shape index (κ2) is 17.1. The van der Waals surface area contributed by atoms with E-state index in [0.717, 1.165) is 26.8 Å². The molecule has 0 atom stereocenters. The molecule has 0 unspecified atom stereocenters. The van der Waals surface area contributed by atoms with Crippen LogP contribution in [-0.4, -0.2) is 27.8 Å². The van der Waals surface area contributed by atoms with Crippen LogP contribution in [0.1, 0.15) is 70.0 Å². The van der Waals surface area contributed by atoms with Gasteiger partial charge in [-0.1, -0.05) is 105 Å². The quantitative estimate of drug-likeness (QED) is 0.0944. The Labute approximate surface area is 389 Å². The van der Waals surface area contributed by atoms with E-state index >= 15 is 0 Å². The second-order valence-electron chi connectivity index (χ2n) is 17.3. The average molecular weight is 1060 g/mol. The molecule has 0 saturated heterocycles. The maximum atomic E-state index is 7.82. The van der Waals surface area contributed by atoms with Crippen LogP contribution in [0.25, 0.3) is 81.1 Å². The second-order valence-corrected chi connectivity index (χ2v) is 28.9. The number of hydrogen-bond acceptors (Lipinski definition) is 3. The molecule has 0 bridgehead atoms. The normalized spacial score (nSPS) is 13.7. The van der Waals surface area contributed by atoms with Gasteiger partial charge in [0.2, 0.25) is 0 Å². The number of rotatable bonds is 6. The van der Waals surface area contributed by atoms with Crippen LogP contribution < -0.4 is 4.40 Å². The Hall–Kier alpha value is -4.91. The molecule has 0 N–H and O–H groups in total. The number of aryl methyl sites for hydroxylation is 2. The molecule has 0 spiro atoms. The SMILES string of the molecule is CC(C)c1cccc(C(C)C)c1-n1c(-c2[c-]ccc3c2sc2cc4c(ccc5ccccc54)cc23)nc2ccccc21.[2H]C([2H])([2H])c1c[c-]c(-c2cc(C([2H])([2H])[2H])[c]([Ge]([CH3])([CH3])[CH3])cn2)cc1.[Ir]. The summed E-state index contributed by atoms with van der Waals surface area (Å²) in [5.41, 5.74) is 8.75. The number of para-hydroxylation sites is 3. The first-order valence-corrected chi connectivity index (χ1v) is 28.8. The molecular formula is C55H51GeIrN3S-2. The summed E-state index contributed by atoms with van der Waals surface area (Å²) in [5, 5.41) is 7.71. The molecule has 6 heteroatoms. The summed E-state index contributed by atoms with van der Waals surface area (Å²) in [6.45, 7) is 4.76. The van der Waals surface area contributed by atoms with Gasteiger partial charge in [0.05, 0.1) is 16.9 Å². The minimum atomic E-state index is -2.38. The van der Waals surface area contributed by atoms with E-state index in [2.05, 4.69) is 170 Å². The van der Waals surface area contributed by atoms with Crippen molar-refractivity contribution >= 4 is 81.7 Å². The molecule has 10 rings (SSSR count). The predicted octanol–water partition coefficient (Wildman–Crippen LogP) is 15.1. The molecule has 3 aromatic heterocycles. The van der Waals surface area contributed by atoms with Crippen LogP contribution in [0.15, 0.2) is 134 Å². The van der Waals surface area contributed by atoms with Gasteiger partial charge in [-0.3, -0.25) is 4.98 Å². The topological polar surface area (TPSA) is 30.7 Å². The van der Waals surface area contributed by atoms with E-state index in [4.69, 9.17) is 13.2 Å². The molecule has 1 radical (unpaired) electrons. The maximum Gasteiger partial charge on any atom is 0 e. The smallest absolute Gasteiger partial charge is 0 e. The van der Waals surface area contributed by atoms with Gasteiger partial charge >= 0.3 is 121 Å². The van der Waals surface area contributed by atoms with Gasteiger partial charge in [0.25, 0.3) is 0 Å². The molecule has 307 valence electrons. The Morgan fingerprint density at radius 3 is 2.18 bits per heavy atom.